The van der Waals surface area contributed by atoms with E-state index in [2.05, 4.69) is 4.99 Å². The van der Waals surface area contributed by atoms with Crippen LogP contribution in [-0.4, -0.2) is 48.1 Å². The molecule has 1 aromatic rings. The molecule has 8 heteroatoms. The number of thioether (sulfide) groups is 1. The number of ketones is 1. The molecule has 1 aromatic carbocycles. The summed E-state index contributed by atoms with van der Waals surface area (Å²) in [4.78, 5) is 30.9. The van der Waals surface area contributed by atoms with Gasteiger partial charge in [0.1, 0.15) is 0 Å². The van der Waals surface area contributed by atoms with Gasteiger partial charge in [-0.25, -0.2) is 8.42 Å². The third kappa shape index (κ3) is 3.89. The predicted molar refractivity (Wildman–Crippen MR) is 112 cm³/mol. The van der Waals surface area contributed by atoms with Crippen LogP contribution in [0.5, 0.6) is 0 Å². The summed E-state index contributed by atoms with van der Waals surface area (Å²) in [6, 6.07) is 6.88. The lowest BCUT2D eigenvalue weighted by Crippen LogP contribution is -2.38. The summed E-state index contributed by atoms with van der Waals surface area (Å²) < 4.78 is 24.3. The van der Waals surface area contributed by atoms with Crippen molar-refractivity contribution in [2.45, 2.75) is 50.3 Å². The number of hydrogen-bond acceptors (Lipinski definition) is 5. The smallest absolute Gasteiger partial charge is 0.251 e. The van der Waals surface area contributed by atoms with E-state index in [0.29, 0.717) is 10.7 Å². The van der Waals surface area contributed by atoms with Gasteiger partial charge in [0.2, 0.25) is 0 Å². The van der Waals surface area contributed by atoms with Crippen molar-refractivity contribution in [3.63, 3.8) is 0 Å². The van der Waals surface area contributed by atoms with Crippen molar-refractivity contribution >= 4 is 44.1 Å². The molecule has 1 saturated carbocycles. The number of aliphatic imine (C=N–C) groups is 1. The molecule has 0 bridgehead atoms. The highest BCUT2D eigenvalue weighted by molar-refractivity contribution is 8.16. The number of sulfone groups is 1. The minimum Gasteiger partial charge on any atom is -0.316 e. The van der Waals surface area contributed by atoms with Gasteiger partial charge in [-0.3, -0.25) is 9.59 Å². The van der Waals surface area contributed by atoms with Crippen molar-refractivity contribution in [1.82, 2.24) is 0 Å². The molecule has 3 fully saturated rings. The van der Waals surface area contributed by atoms with E-state index in [1.54, 1.807) is 18.2 Å². The fourth-order valence-corrected chi connectivity index (χ4v) is 8.20. The Balaban J connectivity index is 1.69. The van der Waals surface area contributed by atoms with Gasteiger partial charge in [-0.15, -0.1) is 0 Å². The summed E-state index contributed by atoms with van der Waals surface area (Å²) in [5, 5.41) is 0.435. The molecule has 4 rings (SSSR count). The van der Waals surface area contributed by atoms with E-state index in [1.807, 2.05) is 11.0 Å². The molecule has 0 radical (unpaired) electrons. The number of amidine groups is 1. The third-order valence-electron chi connectivity index (χ3n) is 5.76. The summed E-state index contributed by atoms with van der Waals surface area (Å²) in [7, 11) is -3.11. The summed E-state index contributed by atoms with van der Waals surface area (Å²) in [5.74, 6) is -0.0387. The molecule has 0 unspecified atom stereocenters. The Morgan fingerprint density at radius 2 is 1.89 bits per heavy atom. The SMILES string of the molecule is CC(=O)c1cccc(N2C(=NC(=O)C3CCCCC3)S[C@H]3CS(=O)(=O)C[C@H]32)c1. The topological polar surface area (TPSA) is 83.9 Å². The Kier molecular flexibility index (Phi) is 5.35. The highest BCUT2D eigenvalue weighted by Crippen LogP contribution is 2.41. The van der Waals surface area contributed by atoms with Gasteiger partial charge in [0.15, 0.2) is 20.8 Å². The molecular formula is C20H24N2O4S2. The summed E-state index contributed by atoms with van der Waals surface area (Å²) in [6.45, 7) is 1.50. The zero-order valence-electron chi connectivity index (χ0n) is 15.8. The molecule has 0 N–H and O–H groups in total. The van der Waals surface area contributed by atoms with Crippen LogP contribution >= 0.6 is 11.8 Å². The van der Waals surface area contributed by atoms with Gasteiger partial charge in [0.05, 0.1) is 17.5 Å². The van der Waals surface area contributed by atoms with Crippen LogP contribution in [-0.2, 0) is 14.6 Å². The molecule has 2 atom stereocenters. The van der Waals surface area contributed by atoms with Gasteiger partial charge in [-0.1, -0.05) is 43.2 Å². The Morgan fingerprint density at radius 1 is 1.14 bits per heavy atom. The van der Waals surface area contributed by atoms with Crippen LogP contribution in [0.15, 0.2) is 29.3 Å². The van der Waals surface area contributed by atoms with Crippen LogP contribution < -0.4 is 4.90 Å². The number of amides is 1. The fraction of sp³-hybridized carbons (Fsp3) is 0.550. The second-order valence-electron chi connectivity index (χ2n) is 7.84. The van der Waals surface area contributed by atoms with Crippen molar-refractivity contribution in [2.75, 3.05) is 16.4 Å². The van der Waals surface area contributed by atoms with Crippen LogP contribution in [0.4, 0.5) is 5.69 Å². The summed E-state index contributed by atoms with van der Waals surface area (Å²) in [6.07, 6.45) is 5.04. The molecule has 0 spiro atoms. The number of anilines is 1. The standard InChI is InChI=1S/C20H24N2O4S2/c1-13(23)15-8-5-9-16(10-15)22-17-11-28(25,26)12-18(17)27-20(22)21-19(24)14-6-3-2-4-7-14/h5,8-10,14,17-18H,2-4,6-7,11-12H2,1H3/t17-,18+/m1/s1. The Hall–Kier alpha value is -1.67. The fourth-order valence-electron chi connectivity index (χ4n) is 4.28. The molecule has 0 aromatic heterocycles. The van der Waals surface area contributed by atoms with E-state index >= 15 is 0 Å². The number of Topliss-reactive ketones (excluding diaryl/α,β-unsaturated/α-hetero) is 1. The van der Waals surface area contributed by atoms with Crippen molar-refractivity contribution in [1.29, 1.82) is 0 Å². The van der Waals surface area contributed by atoms with E-state index < -0.39 is 9.84 Å². The monoisotopic (exact) mass is 420 g/mol. The van der Waals surface area contributed by atoms with Crippen molar-refractivity contribution in [2.24, 2.45) is 10.9 Å². The summed E-state index contributed by atoms with van der Waals surface area (Å²) >= 11 is 1.38. The largest absolute Gasteiger partial charge is 0.316 e. The van der Waals surface area contributed by atoms with Crippen LogP contribution in [0.25, 0.3) is 0 Å². The van der Waals surface area contributed by atoms with E-state index in [-0.39, 0.29) is 40.4 Å². The van der Waals surface area contributed by atoms with Crippen molar-refractivity contribution in [3.8, 4) is 0 Å². The highest BCUT2D eigenvalue weighted by Gasteiger charge is 2.49. The van der Waals surface area contributed by atoms with Gasteiger partial charge in [0.25, 0.3) is 5.91 Å². The number of benzene rings is 1. The first-order valence-electron chi connectivity index (χ1n) is 9.74. The summed E-state index contributed by atoms with van der Waals surface area (Å²) in [5.41, 5.74) is 1.28. The Bertz CT molecular complexity index is 935. The first-order valence-corrected chi connectivity index (χ1v) is 12.4. The van der Waals surface area contributed by atoms with E-state index in [1.165, 1.54) is 25.1 Å². The Labute approximate surface area is 169 Å². The molecule has 2 heterocycles. The van der Waals surface area contributed by atoms with Crippen molar-refractivity contribution < 1.29 is 18.0 Å². The van der Waals surface area contributed by atoms with Crippen LogP contribution in [0.1, 0.15) is 49.4 Å². The minimum atomic E-state index is -3.11. The number of carbonyl (C=O) groups is 2. The van der Waals surface area contributed by atoms with Crippen LogP contribution in [0, 0.1) is 5.92 Å². The molecular weight excluding hydrogens is 396 g/mol. The van der Waals surface area contributed by atoms with Crippen LogP contribution in [0.3, 0.4) is 0 Å². The molecule has 150 valence electrons. The lowest BCUT2D eigenvalue weighted by Gasteiger charge is -2.25. The van der Waals surface area contributed by atoms with E-state index in [4.69, 9.17) is 0 Å². The van der Waals surface area contributed by atoms with E-state index in [0.717, 1.165) is 31.4 Å². The maximum absolute atomic E-state index is 12.8. The molecule has 3 aliphatic rings. The first-order chi connectivity index (χ1) is 13.3. The van der Waals surface area contributed by atoms with Gasteiger partial charge < -0.3 is 4.90 Å². The predicted octanol–water partition coefficient (Wildman–Crippen LogP) is 3.07. The molecule has 2 aliphatic heterocycles. The quantitative estimate of drug-likeness (QED) is 0.699. The van der Waals surface area contributed by atoms with Gasteiger partial charge in [-0.05, 0) is 31.9 Å². The molecule has 6 nitrogen and oxygen atoms in total. The Morgan fingerprint density at radius 3 is 2.61 bits per heavy atom. The van der Waals surface area contributed by atoms with Gasteiger partial charge >= 0.3 is 0 Å². The number of carbonyl (C=O) groups excluding carboxylic acids is 2. The van der Waals surface area contributed by atoms with Gasteiger partial charge in [-0.2, -0.15) is 4.99 Å². The second kappa shape index (κ2) is 7.63. The molecule has 2 saturated heterocycles. The zero-order valence-corrected chi connectivity index (χ0v) is 17.5. The van der Waals surface area contributed by atoms with Gasteiger partial charge in [0, 0.05) is 22.4 Å². The molecule has 28 heavy (non-hydrogen) atoms. The molecule has 1 aliphatic carbocycles. The maximum atomic E-state index is 12.8. The average Bonchev–Trinajstić information content (AvgIpc) is 3.13. The normalized spacial score (nSPS) is 28.5. The number of fused-ring (bicyclic) bond motifs is 1. The number of hydrogen-bond donors (Lipinski definition) is 0. The number of nitrogens with zero attached hydrogens (tertiary/aromatic N) is 2. The maximum Gasteiger partial charge on any atom is 0.251 e. The average molecular weight is 421 g/mol. The highest BCUT2D eigenvalue weighted by atomic mass is 32.2. The lowest BCUT2D eigenvalue weighted by atomic mass is 9.89. The lowest BCUT2D eigenvalue weighted by molar-refractivity contribution is -0.122. The van der Waals surface area contributed by atoms with E-state index in [9.17, 15) is 18.0 Å². The number of rotatable bonds is 3. The zero-order chi connectivity index (χ0) is 19.9. The minimum absolute atomic E-state index is 0.0311. The first kappa shape index (κ1) is 19.6. The molecule has 1 amide bonds. The second-order valence-corrected chi connectivity index (χ2v) is 11.2. The van der Waals surface area contributed by atoms with Crippen LogP contribution in [0.2, 0.25) is 0 Å². The third-order valence-corrected chi connectivity index (χ3v) is 8.97. The van der Waals surface area contributed by atoms with Crippen molar-refractivity contribution in [3.05, 3.63) is 29.8 Å².